The lowest BCUT2D eigenvalue weighted by molar-refractivity contribution is 0.164. The molecule has 0 radical (unpaired) electrons. The first-order chi connectivity index (χ1) is 10.2. The molecule has 0 saturated heterocycles. The average Bonchev–Trinajstić information content (AvgIpc) is 3.13. The van der Waals surface area contributed by atoms with Crippen molar-refractivity contribution in [1.29, 1.82) is 0 Å². The van der Waals surface area contributed by atoms with Gasteiger partial charge in [0.1, 0.15) is 0 Å². The predicted molar refractivity (Wildman–Crippen MR) is 84.2 cm³/mol. The van der Waals surface area contributed by atoms with E-state index in [-0.39, 0.29) is 22.3 Å². The van der Waals surface area contributed by atoms with E-state index in [1.54, 1.807) is 0 Å². The van der Waals surface area contributed by atoms with Gasteiger partial charge >= 0.3 is 8.07 Å². The largest absolute Gasteiger partial charge is 0.470 e. The lowest BCUT2D eigenvalue weighted by atomic mass is 10.3. The van der Waals surface area contributed by atoms with Crippen LogP contribution in [0.15, 0.2) is 0 Å². The van der Waals surface area contributed by atoms with Crippen LogP contribution in [0.2, 0.25) is 11.1 Å². The van der Waals surface area contributed by atoms with Crippen molar-refractivity contribution < 1.29 is 19.1 Å². The van der Waals surface area contributed by atoms with E-state index in [1.807, 2.05) is 13.8 Å². The minimum Gasteiger partial charge on any atom is -0.470 e. The van der Waals surface area contributed by atoms with Gasteiger partial charge in [-0.2, -0.15) is 0 Å². The van der Waals surface area contributed by atoms with Crippen LogP contribution >= 0.6 is 0 Å². The maximum absolute atomic E-state index is 12.9. The first kappa shape index (κ1) is 16.5. The Balaban J connectivity index is 2.39. The van der Waals surface area contributed by atoms with Crippen LogP contribution in [0.3, 0.4) is 0 Å². The molecule has 2 aliphatic carbocycles. The van der Waals surface area contributed by atoms with E-state index < -0.39 is 8.07 Å². The normalized spacial score (nSPS) is 20.7. The molecular weight excluding hydrogens is 284 g/mol. The molecule has 0 aromatic carbocycles. The molecule has 2 fully saturated rings. The van der Waals surface area contributed by atoms with E-state index in [0.29, 0.717) is 13.2 Å². The second kappa shape index (κ2) is 7.43. The minimum absolute atomic E-state index is 0.192. The molecule has 4 nitrogen and oxygen atoms in total. The Morgan fingerprint density at radius 3 is 1.43 bits per heavy atom. The van der Waals surface area contributed by atoms with Crippen LogP contribution in [-0.2, 0) is 9.47 Å². The molecule has 0 atom stereocenters. The highest BCUT2D eigenvalue weighted by Crippen LogP contribution is 2.51. The van der Waals surface area contributed by atoms with Gasteiger partial charge in [0.05, 0.1) is 13.2 Å². The first-order valence-electron chi connectivity index (χ1n) is 8.52. The van der Waals surface area contributed by atoms with Crippen molar-refractivity contribution in [2.75, 3.05) is 13.2 Å². The van der Waals surface area contributed by atoms with Gasteiger partial charge in [0.2, 0.25) is 0 Å². The zero-order valence-electron chi connectivity index (χ0n) is 13.4. The van der Waals surface area contributed by atoms with Gasteiger partial charge in [0.15, 0.2) is 0 Å². The summed E-state index contributed by atoms with van der Waals surface area (Å²) in [7, 11) is -2.90. The standard InChI is InChI=1S/C16H28O4Si/c1-3-19-15(17)21(16(18)20-4-2,13-9-5-6-10-13)14-11-7-8-12-14/h13-14H,3-12H2,1-2H3. The molecule has 0 aliphatic heterocycles. The Morgan fingerprint density at radius 1 is 0.810 bits per heavy atom. The summed E-state index contributed by atoms with van der Waals surface area (Å²) in [6.45, 7) is 4.36. The van der Waals surface area contributed by atoms with Crippen LogP contribution in [0.1, 0.15) is 65.2 Å². The molecule has 0 aromatic heterocycles. The molecule has 0 N–H and O–H groups in total. The van der Waals surface area contributed by atoms with Crippen LogP contribution in [-0.4, -0.2) is 32.5 Å². The number of hydrogen-bond acceptors (Lipinski definition) is 4. The van der Waals surface area contributed by atoms with Crippen LogP contribution < -0.4 is 0 Å². The van der Waals surface area contributed by atoms with Gasteiger partial charge in [-0.3, -0.25) is 9.59 Å². The van der Waals surface area contributed by atoms with Crippen molar-refractivity contribution in [3.8, 4) is 0 Å². The fraction of sp³-hybridized carbons (Fsp3) is 0.875. The summed E-state index contributed by atoms with van der Waals surface area (Å²) in [5, 5.41) is 0. The van der Waals surface area contributed by atoms with Gasteiger partial charge in [0, 0.05) is 0 Å². The smallest absolute Gasteiger partial charge is 0.317 e. The molecule has 21 heavy (non-hydrogen) atoms. The summed E-state index contributed by atoms with van der Waals surface area (Å²) in [4.78, 5) is 25.8. The number of carbonyl (C=O) groups is 2. The third-order valence-electron chi connectivity index (χ3n) is 5.22. The molecule has 0 amide bonds. The maximum atomic E-state index is 12.9. The quantitative estimate of drug-likeness (QED) is 0.661. The highest BCUT2D eigenvalue weighted by molar-refractivity contribution is 7.25. The number of rotatable bonds is 6. The average molecular weight is 312 g/mol. The molecule has 5 heteroatoms. The number of carbonyl (C=O) groups excluding carboxylic acids is 2. The van der Waals surface area contributed by atoms with Crippen molar-refractivity contribution in [2.24, 2.45) is 0 Å². The molecule has 2 rings (SSSR count). The van der Waals surface area contributed by atoms with Crippen LogP contribution in [0, 0.1) is 0 Å². The zero-order valence-corrected chi connectivity index (χ0v) is 14.4. The topological polar surface area (TPSA) is 52.6 Å². The second-order valence-electron chi connectivity index (χ2n) is 6.27. The SMILES string of the molecule is CCOC(=O)[Si](C(=O)OCC)(C1CCCC1)C1CCCC1. The summed E-state index contributed by atoms with van der Waals surface area (Å²) in [6.07, 6.45) is 8.52. The van der Waals surface area contributed by atoms with Crippen molar-refractivity contribution in [1.82, 2.24) is 0 Å². The monoisotopic (exact) mass is 312 g/mol. The molecule has 2 saturated carbocycles. The molecule has 2 aliphatic rings. The lowest BCUT2D eigenvalue weighted by Crippen LogP contribution is -2.59. The van der Waals surface area contributed by atoms with Gasteiger partial charge in [0.25, 0.3) is 11.2 Å². The number of ether oxygens (including phenoxy) is 2. The summed E-state index contributed by atoms with van der Waals surface area (Å²) in [5.74, 6) is 0. The predicted octanol–water partition coefficient (Wildman–Crippen LogP) is 4.80. The van der Waals surface area contributed by atoms with Gasteiger partial charge in [-0.1, -0.05) is 51.4 Å². The Hall–Kier alpha value is -0.843. The Bertz CT molecular complexity index is 334. The van der Waals surface area contributed by atoms with Crippen LogP contribution in [0.5, 0.6) is 0 Å². The van der Waals surface area contributed by atoms with Crippen molar-refractivity contribution in [2.45, 2.75) is 76.3 Å². The fourth-order valence-corrected chi connectivity index (χ4v) is 9.92. The van der Waals surface area contributed by atoms with E-state index in [9.17, 15) is 9.59 Å². The van der Waals surface area contributed by atoms with Gasteiger partial charge in [-0.05, 0) is 24.9 Å². The third kappa shape index (κ3) is 3.03. The van der Waals surface area contributed by atoms with E-state index in [4.69, 9.17) is 9.47 Å². The van der Waals surface area contributed by atoms with Gasteiger partial charge in [-0.15, -0.1) is 0 Å². The van der Waals surface area contributed by atoms with Crippen LogP contribution in [0.4, 0.5) is 9.59 Å². The lowest BCUT2D eigenvalue weighted by Gasteiger charge is -2.36. The van der Waals surface area contributed by atoms with Gasteiger partial charge < -0.3 is 9.47 Å². The summed E-state index contributed by atoms with van der Waals surface area (Å²) < 4.78 is 10.8. The van der Waals surface area contributed by atoms with E-state index in [2.05, 4.69) is 0 Å². The van der Waals surface area contributed by atoms with Crippen molar-refractivity contribution >= 4 is 19.3 Å². The minimum atomic E-state index is -2.90. The van der Waals surface area contributed by atoms with E-state index in [1.165, 1.54) is 0 Å². The third-order valence-corrected chi connectivity index (χ3v) is 10.6. The van der Waals surface area contributed by atoms with Crippen molar-refractivity contribution in [3.63, 3.8) is 0 Å². The van der Waals surface area contributed by atoms with E-state index in [0.717, 1.165) is 51.4 Å². The Kier molecular flexibility index (Phi) is 5.85. The second-order valence-corrected chi connectivity index (χ2v) is 10.5. The molecule has 0 unspecified atom stereocenters. The molecule has 0 heterocycles. The van der Waals surface area contributed by atoms with Crippen LogP contribution in [0.25, 0.3) is 0 Å². The summed E-state index contributed by atoms with van der Waals surface area (Å²) in [6, 6.07) is 0. The van der Waals surface area contributed by atoms with Gasteiger partial charge in [-0.25, -0.2) is 0 Å². The van der Waals surface area contributed by atoms with E-state index >= 15 is 0 Å². The molecular formula is C16H28O4Si. The highest BCUT2D eigenvalue weighted by Gasteiger charge is 2.63. The molecule has 0 bridgehead atoms. The summed E-state index contributed by atoms with van der Waals surface area (Å²) in [5.41, 5.74) is 0.0851. The molecule has 0 aromatic rings. The Labute approximate surface area is 128 Å². The molecule has 120 valence electrons. The maximum Gasteiger partial charge on any atom is 0.317 e. The molecule has 0 spiro atoms. The number of hydrogen-bond donors (Lipinski definition) is 0. The summed E-state index contributed by atoms with van der Waals surface area (Å²) >= 11 is 0. The van der Waals surface area contributed by atoms with Crippen molar-refractivity contribution in [3.05, 3.63) is 0 Å². The fourth-order valence-electron chi connectivity index (χ4n) is 4.35. The first-order valence-corrected chi connectivity index (χ1v) is 10.7. The Morgan fingerprint density at radius 2 is 1.14 bits per heavy atom. The zero-order chi connectivity index (χ0) is 15.3. The highest BCUT2D eigenvalue weighted by atomic mass is 28.3.